The number of hydrogen-bond acceptors (Lipinski definition) is 2. The molecule has 0 saturated heterocycles. The maximum absolute atomic E-state index is 12.2. The van der Waals surface area contributed by atoms with Crippen molar-refractivity contribution in [3.05, 3.63) is 28.8 Å². The van der Waals surface area contributed by atoms with E-state index in [0.717, 1.165) is 36.0 Å². The number of nitrogens with one attached hydrogen (secondary N) is 1. The van der Waals surface area contributed by atoms with Gasteiger partial charge in [0, 0.05) is 6.42 Å². The van der Waals surface area contributed by atoms with Gasteiger partial charge in [0.15, 0.2) is 0 Å². The third-order valence-corrected chi connectivity index (χ3v) is 4.63. The summed E-state index contributed by atoms with van der Waals surface area (Å²) in [6, 6.07) is 4.01. The minimum Gasteiger partial charge on any atom is -0.507 e. The Morgan fingerprint density at radius 2 is 1.52 bits per heavy atom. The highest BCUT2D eigenvalue weighted by molar-refractivity contribution is 5.76. The van der Waals surface area contributed by atoms with Gasteiger partial charge in [-0.3, -0.25) is 4.79 Å². The fourth-order valence-corrected chi connectivity index (χ4v) is 2.98. The largest absolute Gasteiger partial charge is 0.507 e. The Balaban J connectivity index is 3.16. The molecule has 3 heteroatoms. The van der Waals surface area contributed by atoms with Gasteiger partial charge in [-0.2, -0.15) is 0 Å². The zero-order valence-corrected chi connectivity index (χ0v) is 17.4. The van der Waals surface area contributed by atoms with Crippen LogP contribution in [0, 0.1) is 0 Å². The number of aromatic hydroxyl groups is 1. The average molecular weight is 348 g/mol. The van der Waals surface area contributed by atoms with E-state index in [9.17, 15) is 9.90 Å². The second-order valence-corrected chi connectivity index (χ2v) is 9.21. The number of benzene rings is 1. The Bertz CT molecular complexity index is 556. The molecule has 0 saturated carbocycles. The summed E-state index contributed by atoms with van der Waals surface area (Å²) in [5.74, 6) is 0.480. The third kappa shape index (κ3) is 6.05. The van der Waals surface area contributed by atoms with Crippen molar-refractivity contribution >= 4 is 5.91 Å². The van der Waals surface area contributed by atoms with Crippen LogP contribution in [-0.4, -0.2) is 11.0 Å². The molecule has 1 aromatic carbocycles. The summed E-state index contributed by atoms with van der Waals surface area (Å²) in [4.78, 5) is 12.2. The van der Waals surface area contributed by atoms with E-state index in [1.165, 1.54) is 0 Å². The molecule has 0 spiro atoms. The van der Waals surface area contributed by atoms with Crippen molar-refractivity contribution in [1.29, 1.82) is 0 Å². The van der Waals surface area contributed by atoms with Gasteiger partial charge >= 0.3 is 0 Å². The maximum Gasteiger partial charge on any atom is 0.220 e. The molecule has 1 atom stereocenters. The SMILES string of the molecule is CCCCCC(=O)N[C@H](C)c1cc(C(C)(C)C)c(O)c(C(C)(C)C)c1. The highest BCUT2D eigenvalue weighted by atomic mass is 16.3. The minimum absolute atomic E-state index is 0.0723. The highest BCUT2D eigenvalue weighted by Gasteiger charge is 2.27. The normalized spacial score (nSPS) is 13.6. The lowest BCUT2D eigenvalue weighted by atomic mass is 9.78. The highest BCUT2D eigenvalue weighted by Crippen LogP contribution is 2.40. The first-order valence-electron chi connectivity index (χ1n) is 9.55. The molecule has 0 fully saturated rings. The molecule has 1 rings (SSSR count). The van der Waals surface area contributed by atoms with Crippen LogP contribution in [0.15, 0.2) is 12.1 Å². The summed E-state index contributed by atoms with van der Waals surface area (Å²) < 4.78 is 0. The first-order chi connectivity index (χ1) is 11.4. The van der Waals surface area contributed by atoms with Gasteiger partial charge in [-0.15, -0.1) is 0 Å². The minimum atomic E-state index is -0.162. The lowest BCUT2D eigenvalue weighted by Gasteiger charge is -2.29. The van der Waals surface area contributed by atoms with Crippen molar-refractivity contribution in [1.82, 2.24) is 5.32 Å². The van der Waals surface area contributed by atoms with E-state index in [0.29, 0.717) is 12.2 Å². The molecule has 0 aromatic heterocycles. The number of hydrogen-bond donors (Lipinski definition) is 2. The third-order valence-electron chi connectivity index (χ3n) is 4.63. The van der Waals surface area contributed by atoms with Gasteiger partial charge in [0.2, 0.25) is 5.91 Å². The standard InChI is InChI=1S/C22H37NO2/c1-9-10-11-12-19(24)23-15(2)16-13-17(21(3,4)5)20(25)18(14-16)22(6,7)8/h13-15,25H,9-12H2,1-8H3,(H,23,24)/t15-/m1/s1. The number of phenolic OH excluding ortho intramolecular Hbond substituents is 1. The van der Waals surface area contributed by atoms with Gasteiger partial charge < -0.3 is 10.4 Å². The van der Waals surface area contributed by atoms with Gasteiger partial charge in [-0.05, 0) is 53.0 Å². The quantitative estimate of drug-likeness (QED) is 0.644. The van der Waals surface area contributed by atoms with Crippen LogP contribution in [0.1, 0.15) is 104 Å². The fraction of sp³-hybridized carbons (Fsp3) is 0.682. The second-order valence-electron chi connectivity index (χ2n) is 9.21. The number of unbranched alkanes of at least 4 members (excludes halogenated alkanes) is 2. The summed E-state index contributed by atoms with van der Waals surface area (Å²) in [6.07, 6.45) is 3.72. The second kappa shape index (κ2) is 8.25. The summed E-state index contributed by atoms with van der Waals surface area (Å²) in [5, 5.41) is 13.9. The molecular formula is C22H37NO2. The molecule has 0 unspecified atom stereocenters. The molecule has 1 amide bonds. The first-order valence-corrected chi connectivity index (χ1v) is 9.55. The van der Waals surface area contributed by atoms with E-state index in [-0.39, 0.29) is 22.8 Å². The molecule has 0 radical (unpaired) electrons. The Morgan fingerprint density at radius 1 is 1.04 bits per heavy atom. The van der Waals surface area contributed by atoms with Crippen LogP contribution in [0.4, 0.5) is 0 Å². The van der Waals surface area contributed by atoms with Crippen molar-refractivity contribution in [2.45, 2.75) is 97.9 Å². The zero-order valence-electron chi connectivity index (χ0n) is 17.4. The Morgan fingerprint density at radius 3 is 1.92 bits per heavy atom. The van der Waals surface area contributed by atoms with Gasteiger partial charge in [0.05, 0.1) is 6.04 Å². The van der Waals surface area contributed by atoms with Crippen molar-refractivity contribution in [2.75, 3.05) is 0 Å². The molecular weight excluding hydrogens is 310 g/mol. The first kappa shape index (κ1) is 21.5. The van der Waals surface area contributed by atoms with Gasteiger partial charge in [-0.25, -0.2) is 0 Å². The van der Waals surface area contributed by atoms with Gasteiger partial charge in [-0.1, -0.05) is 61.3 Å². The van der Waals surface area contributed by atoms with Gasteiger partial charge in [0.25, 0.3) is 0 Å². The number of rotatable bonds is 6. The van der Waals surface area contributed by atoms with Crippen LogP contribution in [-0.2, 0) is 15.6 Å². The zero-order chi connectivity index (χ0) is 19.4. The van der Waals surface area contributed by atoms with Crippen molar-refractivity contribution in [3.8, 4) is 5.75 Å². The molecule has 25 heavy (non-hydrogen) atoms. The number of amides is 1. The average Bonchev–Trinajstić information content (AvgIpc) is 2.45. The predicted octanol–water partition coefficient (Wildman–Crippen LogP) is 5.74. The van der Waals surface area contributed by atoms with Crippen LogP contribution in [0.3, 0.4) is 0 Å². The van der Waals surface area contributed by atoms with Crippen LogP contribution in [0.2, 0.25) is 0 Å². The molecule has 0 aliphatic carbocycles. The summed E-state index contributed by atoms with van der Waals surface area (Å²) >= 11 is 0. The van der Waals surface area contributed by atoms with Crippen LogP contribution >= 0.6 is 0 Å². The molecule has 142 valence electrons. The summed E-state index contributed by atoms with van der Waals surface area (Å²) in [7, 11) is 0. The molecule has 0 aliphatic heterocycles. The number of phenols is 1. The Labute approximate surface area is 154 Å². The summed E-state index contributed by atoms with van der Waals surface area (Å²) in [6.45, 7) is 16.8. The molecule has 0 aliphatic rings. The monoisotopic (exact) mass is 347 g/mol. The molecule has 0 bridgehead atoms. The number of carbonyl (C=O) groups is 1. The van der Waals surface area contributed by atoms with Crippen LogP contribution < -0.4 is 5.32 Å². The Hall–Kier alpha value is -1.51. The van der Waals surface area contributed by atoms with E-state index < -0.39 is 0 Å². The predicted molar refractivity (Wildman–Crippen MR) is 106 cm³/mol. The van der Waals surface area contributed by atoms with E-state index >= 15 is 0 Å². The topological polar surface area (TPSA) is 49.3 Å². The van der Waals surface area contributed by atoms with E-state index in [2.05, 4.69) is 53.8 Å². The van der Waals surface area contributed by atoms with Crippen molar-refractivity contribution in [2.24, 2.45) is 0 Å². The van der Waals surface area contributed by atoms with Crippen LogP contribution in [0.5, 0.6) is 5.75 Å². The molecule has 2 N–H and O–H groups in total. The van der Waals surface area contributed by atoms with Crippen molar-refractivity contribution in [3.63, 3.8) is 0 Å². The number of carbonyl (C=O) groups excluding carboxylic acids is 1. The Kier molecular flexibility index (Phi) is 7.10. The van der Waals surface area contributed by atoms with Crippen LogP contribution in [0.25, 0.3) is 0 Å². The maximum atomic E-state index is 12.2. The van der Waals surface area contributed by atoms with E-state index in [1.807, 2.05) is 19.1 Å². The molecule has 3 nitrogen and oxygen atoms in total. The van der Waals surface area contributed by atoms with Gasteiger partial charge in [0.1, 0.15) is 5.75 Å². The molecule has 1 aromatic rings. The lowest BCUT2D eigenvalue weighted by Crippen LogP contribution is -2.27. The fourth-order valence-electron chi connectivity index (χ4n) is 2.98. The van der Waals surface area contributed by atoms with Crippen molar-refractivity contribution < 1.29 is 9.90 Å². The van der Waals surface area contributed by atoms with E-state index in [1.54, 1.807) is 0 Å². The smallest absolute Gasteiger partial charge is 0.220 e. The lowest BCUT2D eigenvalue weighted by molar-refractivity contribution is -0.121. The molecule has 0 heterocycles. The van der Waals surface area contributed by atoms with E-state index in [4.69, 9.17) is 0 Å². The summed E-state index contributed by atoms with van der Waals surface area (Å²) in [5.41, 5.74) is 2.59.